The van der Waals surface area contributed by atoms with Gasteiger partial charge in [0.15, 0.2) is 0 Å². The Morgan fingerprint density at radius 2 is 1.39 bits per heavy atom. The highest BCUT2D eigenvalue weighted by molar-refractivity contribution is 5.55. The summed E-state index contributed by atoms with van der Waals surface area (Å²) in [7, 11) is 0. The zero-order valence-electron chi connectivity index (χ0n) is 13.2. The highest BCUT2D eigenvalue weighted by Gasteiger charge is 2.05. The molecule has 0 aliphatic heterocycles. The van der Waals surface area contributed by atoms with E-state index in [4.69, 9.17) is 14.0 Å². The number of hydrogen-bond acceptors (Lipinski definition) is 5. The van der Waals surface area contributed by atoms with Gasteiger partial charge in [-0.3, -0.25) is 0 Å². The third kappa shape index (κ3) is 4.10. The van der Waals surface area contributed by atoms with E-state index in [1.807, 2.05) is 55.5 Å². The topological polar surface area (TPSA) is 57.4 Å². The summed E-state index contributed by atoms with van der Waals surface area (Å²) in [5.74, 6) is 2.76. The van der Waals surface area contributed by atoms with Crippen molar-refractivity contribution in [3.05, 3.63) is 60.0 Å². The molecule has 0 unspecified atom stereocenters. The Bertz CT molecular complexity index is 749. The lowest BCUT2D eigenvalue weighted by atomic mass is 10.2. The fourth-order valence-corrected chi connectivity index (χ4v) is 2.07. The number of benzene rings is 2. The molecular weight excluding hydrogens is 292 g/mol. The second-order valence-electron chi connectivity index (χ2n) is 5.17. The lowest BCUT2D eigenvalue weighted by Gasteiger charge is -2.08. The molecule has 0 spiro atoms. The van der Waals surface area contributed by atoms with Crippen molar-refractivity contribution >= 4 is 0 Å². The van der Waals surface area contributed by atoms with Crippen LogP contribution in [0.25, 0.3) is 11.4 Å². The molecule has 0 radical (unpaired) electrons. The molecule has 0 fully saturated rings. The van der Waals surface area contributed by atoms with Crippen LogP contribution in [0, 0.1) is 13.8 Å². The van der Waals surface area contributed by atoms with Crippen molar-refractivity contribution in [2.75, 3.05) is 13.2 Å². The highest BCUT2D eigenvalue weighted by atomic mass is 16.5. The Kier molecular flexibility index (Phi) is 4.57. The molecule has 5 heteroatoms. The van der Waals surface area contributed by atoms with Gasteiger partial charge >= 0.3 is 0 Å². The predicted molar refractivity (Wildman–Crippen MR) is 86.6 cm³/mol. The van der Waals surface area contributed by atoms with Crippen molar-refractivity contribution in [1.82, 2.24) is 10.1 Å². The molecule has 3 aromatic rings. The maximum absolute atomic E-state index is 5.66. The van der Waals surface area contributed by atoms with Gasteiger partial charge in [-0.15, -0.1) is 0 Å². The van der Waals surface area contributed by atoms with Crippen LogP contribution < -0.4 is 9.47 Å². The smallest absolute Gasteiger partial charge is 0.223 e. The molecule has 5 nitrogen and oxygen atoms in total. The second-order valence-corrected chi connectivity index (χ2v) is 5.17. The molecular formula is C18H18N2O3. The molecule has 0 amide bonds. The van der Waals surface area contributed by atoms with Gasteiger partial charge in [0.05, 0.1) is 0 Å². The maximum atomic E-state index is 5.66. The van der Waals surface area contributed by atoms with Crippen molar-refractivity contribution < 1.29 is 14.0 Å². The molecule has 23 heavy (non-hydrogen) atoms. The Morgan fingerprint density at radius 1 is 0.826 bits per heavy atom. The van der Waals surface area contributed by atoms with Crippen LogP contribution in [0.15, 0.2) is 53.1 Å². The molecule has 0 saturated heterocycles. The van der Waals surface area contributed by atoms with E-state index in [0.717, 1.165) is 17.1 Å². The van der Waals surface area contributed by atoms with E-state index in [1.54, 1.807) is 6.92 Å². The maximum Gasteiger partial charge on any atom is 0.223 e. The van der Waals surface area contributed by atoms with E-state index < -0.39 is 0 Å². The number of rotatable bonds is 6. The first-order valence-corrected chi connectivity index (χ1v) is 7.44. The summed E-state index contributed by atoms with van der Waals surface area (Å²) in [6.45, 7) is 4.79. The highest BCUT2D eigenvalue weighted by Crippen LogP contribution is 2.20. The normalized spacial score (nSPS) is 10.5. The molecule has 0 saturated carbocycles. The van der Waals surface area contributed by atoms with E-state index in [9.17, 15) is 0 Å². The second kappa shape index (κ2) is 6.96. The molecule has 0 atom stereocenters. The fraction of sp³-hybridized carbons (Fsp3) is 0.222. The molecule has 0 bridgehead atoms. The molecule has 118 valence electrons. The predicted octanol–water partition coefficient (Wildman–Crippen LogP) is 3.81. The SMILES string of the molecule is Cc1ccc(OCCOc2ccc(-c3noc(C)n3)cc2)cc1. The number of aryl methyl sites for hydroxylation is 2. The van der Waals surface area contributed by atoms with Crippen LogP contribution in [0.5, 0.6) is 11.5 Å². The Labute approximate surface area is 134 Å². The van der Waals surface area contributed by atoms with Crippen molar-refractivity contribution in [2.45, 2.75) is 13.8 Å². The van der Waals surface area contributed by atoms with Crippen LogP contribution in [-0.4, -0.2) is 23.4 Å². The minimum atomic E-state index is 0.481. The van der Waals surface area contributed by atoms with Gasteiger partial charge in [-0.05, 0) is 43.3 Å². The van der Waals surface area contributed by atoms with E-state index in [-0.39, 0.29) is 0 Å². The van der Waals surface area contributed by atoms with E-state index in [1.165, 1.54) is 5.56 Å². The zero-order valence-corrected chi connectivity index (χ0v) is 13.2. The summed E-state index contributed by atoms with van der Waals surface area (Å²) in [5.41, 5.74) is 2.11. The number of aromatic nitrogens is 2. The van der Waals surface area contributed by atoms with Crippen molar-refractivity contribution in [3.63, 3.8) is 0 Å². The summed E-state index contributed by atoms with van der Waals surface area (Å²) in [5, 5.41) is 3.88. The number of nitrogens with zero attached hydrogens (tertiary/aromatic N) is 2. The average Bonchev–Trinajstić information content (AvgIpc) is 3.00. The van der Waals surface area contributed by atoms with Crippen molar-refractivity contribution in [1.29, 1.82) is 0 Å². The van der Waals surface area contributed by atoms with E-state index in [2.05, 4.69) is 10.1 Å². The van der Waals surface area contributed by atoms with Gasteiger partial charge in [0, 0.05) is 12.5 Å². The lowest BCUT2D eigenvalue weighted by molar-refractivity contribution is 0.217. The molecule has 3 rings (SSSR count). The van der Waals surface area contributed by atoms with E-state index >= 15 is 0 Å². The first-order valence-electron chi connectivity index (χ1n) is 7.44. The summed E-state index contributed by atoms with van der Waals surface area (Å²) < 4.78 is 16.2. The summed E-state index contributed by atoms with van der Waals surface area (Å²) in [4.78, 5) is 4.19. The molecule has 0 N–H and O–H groups in total. The van der Waals surface area contributed by atoms with Crippen LogP contribution in [0.2, 0.25) is 0 Å². The van der Waals surface area contributed by atoms with Gasteiger partial charge in [0.1, 0.15) is 24.7 Å². The summed E-state index contributed by atoms with van der Waals surface area (Å²) in [6.07, 6.45) is 0. The van der Waals surface area contributed by atoms with Crippen LogP contribution in [0.3, 0.4) is 0 Å². The lowest BCUT2D eigenvalue weighted by Crippen LogP contribution is -2.08. The summed E-state index contributed by atoms with van der Waals surface area (Å²) >= 11 is 0. The standard InChI is InChI=1S/C18H18N2O3/c1-13-3-7-16(8-4-13)21-11-12-22-17-9-5-15(6-10-17)18-19-14(2)23-20-18/h3-10H,11-12H2,1-2H3. The number of ether oxygens (including phenoxy) is 2. The molecule has 0 aliphatic rings. The summed E-state index contributed by atoms with van der Waals surface area (Å²) in [6, 6.07) is 15.5. The van der Waals surface area contributed by atoms with Crippen LogP contribution in [0.1, 0.15) is 11.5 Å². The first kappa shape index (κ1) is 15.1. The van der Waals surface area contributed by atoms with Gasteiger partial charge in [-0.1, -0.05) is 22.9 Å². The van der Waals surface area contributed by atoms with E-state index in [0.29, 0.717) is 24.9 Å². The van der Waals surface area contributed by atoms with Gasteiger partial charge in [-0.2, -0.15) is 4.98 Å². The quantitative estimate of drug-likeness (QED) is 0.648. The molecule has 1 heterocycles. The third-order valence-electron chi connectivity index (χ3n) is 3.28. The van der Waals surface area contributed by atoms with Crippen molar-refractivity contribution in [2.24, 2.45) is 0 Å². The minimum Gasteiger partial charge on any atom is -0.490 e. The van der Waals surface area contributed by atoms with Crippen molar-refractivity contribution in [3.8, 4) is 22.9 Å². The third-order valence-corrected chi connectivity index (χ3v) is 3.28. The molecule has 1 aromatic heterocycles. The monoisotopic (exact) mass is 310 g/mol. The van der Waals surface area contributed by atoms with Gasteiger partial charge in [-0.25, -0.2) is 0 Å². The van der Waals surface area contributed by atoms with Gasteiger partial charge in [0.2, 0.25) is 11.7 Å². The Morgan fingerprint density at radius 3 is 1.91 bits per heavy atom. The van der Waals surface area contributed by atoms with Gasteiger partial charge < -0.3 is 14.0 Å². The Hall–Kier alpha value is -2.82. The molecule has 2 aromatic carbocycles. The average molecular weight is 310 g/mol. The molecule has 0 aliphatic carbocycles. The fourth-order valence-electron chi connectivity index (χ4n) is 2.07. The van der Waals surface area contributed by atoms with Gasteiger partial charge in [0.25, 0.3) is 0 Å². The minimum absolute atomic E-state index is 0.481. The first-order chi connectivity index (χ1) is 11.2. The Balaban J connectivity index is 1.48. The van der Waals surface area contributed by atoms with Crippen LogP contribution in [0.4, 0.5) is 0 Å². The largest absolute Gasteiger partial charge is 0.490 e. The van der Waals surface area contributed by atoms with Crippen LogP contribution in [-0.2, 0) is 0 Å². The zero-order chi connectivity index (χ0) is 16.1. The van der Waals surface area contributed by atoms with Crippen LogP contribution >= 0.6 is 0 Å². The number of hydrogen-bond donors (Lipinski definition) is 0.